The Balaban J connectivity index is 1.36. The maximum Gasteiger partial charge on any atom is 0.253 e. The Morgan fingerprint density at radius 2 is 1.79 bits per heavy atom. The number of fused-ring (bicyclic) bond motifs is 1. The highest BCUT2D eigenvalue weighted by molar-refractivity contribution is 5.95. The SMILES string of the molecule is CCCn1c(-c2cccc(C(=O)N3CCN(c4ccc(F)cc4)CC3)c2)nc2cccnc21. The van der Waals surface area contributed by atoms with E-state index >= 15 is 0 Å². The van der Waals surface area contributed by atoms with E-state index < -0.39 is 0 Å². The second-order valence-electron chi connectivity index (χ2n) is 8.27. The molecule has 6 nitrogen and oxygen atoms in total. The molecular formula is C26H26FN5O. The standard InChI is InChI=1S/C26H26FN5O/c1-2-13-32-24(29-23-7-4-12-28-25(23)32)19-5-3-6-20(18-19)26(33)31-16-14-30(15-17-31)22-10-8-21(27)9-11-22/h3-12,18H,2,13-17H2,1H3. The Bertz CT molecular complexity index is 1280. The third kappa shape index (κ3) is 4.18. The monoisotopic (exact) mass is 443 g/mol. The van der Waals surface area contributed by atoms with E-state index in [2.05, 4.69) is 21.4 Å². The molecule has 0 bridgehead atoms. The van der Waals surface area contributed by atoms with Crippen molar-refractivity contribution in [3.05, 3.63) is 78.2 Å². The molecule has 0 unspecified atom stereocenters. The second kappa shape index (κ2) is 9.02. The summed E-state index contributed by atoms with van der Waals surface area (Å²) in [6, 6.07) is 18.1. The third-order valence-electron chi connectivity index (χ3n) is 6.08. The predicted octanol–water partition coefficient (Wildman–Crippen LogP) is 4.61. The Morgan fingerprint density at radius 3 is 2.55 bits per heavy atom. The van der Waals surface area contributed by atoms with Crippen LogP contribution in [0, 0.1) is 5.82 Å². The zero-order valence-corrected chi connectivity index (χ0v) is 18.6. The van der Waals surface area contributed by atoms with E-state index in [4.69, 9.17) is 4.98 Å². The van der Waals surface area contributed by atoms with Gasteiger partial charge in [-0.1, -0.05) is 19.1 Å². The summed E-state index contributed by atoms with van der Waals surface area (Å²) >= 11 is 0. The summed E-state index contributed by atoms with van der Waals surface area (Å²) in [6.07, 6.45) is 2.75. The summed E-state index contributed by atoms with van der Waals surface area (Å²) in [4.78, 5) is 26.7. The van der Waals surface area contributed by atoms with Gasteiger partial charge in [0.25, 0.3) is 5.91 Å². The lowest BCUT2D eigenvalue weighted by molar-refractivity contribution is 0.0747. The van der Waals surface area contributed by atoms with Crippen LogP contribution in [0.1, 0.15) is 23.7 Å². The molecule has 0 radical (unpaired) electrons. The van der Waals surface area contributed by atoms with E-state index in [1.165, 1.54) is 12.1 Å². The van der Waals surface area contributed by atoms with E-state index in [1.54, 1.807) is 18.3 Å². The Morgan fingerprint density at radius 1 is 1.00 bits per heavy atom. The van der Waals surface area contributed by atoms with Gasteiger partial charge in [0.1, 0.15) is 17.2 Å². The molecule has 3 heterocycles. The van der Waals surface area contributed by atoms with Crippen LogP contribution in [-0.2, 0) is 6.54 Å². The van der Waals surface area contributed by atoms with Crippen LogP contribution in [0.5, 0.6) is 0 Å². The first kappa shape index (κ1) is 21.1. The van der Waals surface area contributed by atoms with Crippen LogP contribution in [-0.4, -0.2) is 51.5 Å². The maximum atomic E-state index is 13.3. The van der Waals surface area contributed by atoms with E-state index in [-0.39, 0.29) is 11.7 Å². The average Bonchev–Trinajstić information content (AvgIpc) is 3.23. The number of piperazine rings is 1. The highest BCUT2D eigenvalue weighted by Crippen LogP contribution is 2.26. The number of aromatic nitrogens is 3. The van der Waals surface area contributed by atoms with Crippen LogP contribution in [0.25, 0.3) is 22.6 Å². The van der Waals surface area contributed by atoms with Crippen LogP contribution in [0.3, 0.4) is 0 Å². The third-order valence-corrected chi connectivity index (χ3v) is 6.08. The summed E-state index contributed by atoms with van der Waals surface area (Å²) in [5.41, 5.74) is 4.27. The van der Waals surface area contributed by atoms with Gasteiger partial charge in [-0.05, 0) is 55.0 Å². The normalized spacial score (nSPS) is 14.1. The van der Waals surface area contributed by atoms with Crippen LogP contribution in [0.2, 0.25) is 0 Å². The maximum absolute atomic E-state index is 13.3. The Hall–Kier alpha value is -3.74. The molecule has 168 valence electrons. The number of carbonyl (C=O) groups is 1. The number of halogens is 1. The van der Waals surface area contributed by atoms with E-state index in [0.29, 0.717) is 18.7 Å². The summed E-state index contributed by atoms with van der Waals surface area (Å²) in [6.45, 7) is 5.62. The highest BCUT2D eigenvalue weighted by atomic mass is 19.1. The molecule has 0 saturated carbocycles. The summed E-state index contributed by atoms with van der Waals surface area (Å²) in [5.74, 6) is 0.615. The van der Waals surface area contributed by atoms with Crippen molar-refractivity contribution in [3.63, 3.8) is 0 Å². The largest absolute Gasteiger partial charge is 0.368 e. The lowest BCUT2D eigenvalue weighted by atomic mass is 10.1. The van der Waals surface area contributed by atoms with Crippen molar-refractivity contribution in [1.29, 1.82) is 0 Å². The lowest BCUT2D eigenvalue weighted by Gasteiger charge is -2.36. The number of hydrogen-bond acceptors (Lipinski definition) is 4. The number of anilines is 1. The minimum Gasteiger partial charge on any atom is -0.368 e. The fraction of sp³-hybridized carbons (Fsp3) is 0.269. The second-order valence-corrected chi connectivity index (χ2v) is 8.27. The first-order valence-corrected chi connectivity index (χ1v) is 11.4. The highest BCUT2D eigenvalue weighted by Gasteiger charge is 2.23. The molecule has 1 fully saturated rings. The first-order chi connectivity index (χ1) is 16.1. The average molecular weight is 444 g/mol. The van der Waals surface area contributed by atoms with Crippen molar-refractivity contribution in [2.45, 2.75) is 19.9 Å². The summed E-state index contributed by atoms with van der Waals surface area (Å²) in [5, 5.41) is 0. The van der Waals surface area contributed by atoms with Gasteiger partial charge in [0.2, 0.25) is 0 Å². The number of rotatable bonds is 5. The molecule has 1 aliphatic rings. The van der Waals surface area contributed by atoms with Crippen LogP contribution < -0.4 is 4.90 Å². The van der Waals surface area contributed by atoms with Crippen LogP contribution >= 0.6 is 0 Å². The zero-order valence-electron chi connectivity index (χ0n) is 18.6. The summed E-state index contributed by atoms with van der Waals surface area (Å²) < 4.78 is 15.3. The molecule has 1 aliphatic heterocycles. The van der Waals surface area contributed by atoms with Crippen LogP contribution in [0.15, 0.2) is 66.9 Å². The first-order valence-electron chi connectivity index (χ1n) is 11.4. The number of pyridine rings is 1. The molecule has 5 rings (SSSR count). The number of aryl methyl sites for hydroxylation is 1. The van der Waals surface area contributed by atoms with Crippen molar-refractivity contribution >= 4 is 22.8 Å². The number of hydrogen-bond donors (Lipinski definition) is 0. The van der Waals surface area contributed by atoms with Crippen molar-refractivity contribution in [3.8, 4) is 11.4 Å². The zero-order chi connectivity index (χ0) is 22.8. The smallest absolute Gasteiger partial charge is 0.253 e. The molecule has 0 aliphatic carbocycles. The van der Waals surface area contributed by atoms with Crippen molar-refractivity contribution in [2.24, 2.45) is 0 Å². The van der Waals surface area contributed by atoms with Gasteiger partial charge in [0.15, 0.2) is 5.65 Å². The van der Waals surface area contributed by atoms with Gasteiger partial charge in [-0.15, -0.1) is 0 Å². The molecule has 0 spiro atoms. The fourth-order valence-electron chi connectivity index (χ4n) is 4.41. The molecule has 1 saturated heterocycles. The summed E-state index contributed by atoms with van der Waals surface area (Å²) in [7, 11) is 0. The van der Waals surface area contributed by atoms with Crippen molar-refractivity contribution in [1.82, 2.24) is 19.4 Å². The van der Waals surface area contributed by atoms with Crippen LogP contribution in [0.4, 0.5) is 10.1 Å². The number of benzene rings is 2. The predicted molar refractivity (Wildman–Crippen MR) is 128 cm³/mol. The van der Waals surface area contributed by atoms with Crippen molar-refractivity contribution < 1.29 is 9.18 Å². The number of amides is 1. The van der Waals surface area contributed by atoms with Crippen molar-refractivity contribution in [2.75, 3.05) is 31.1 Å². The quantitative estimate of drug-likeness (QED) is 0.452. The molecule has 33 heavy (non-hydrogen) atoms. The van der Waals surface area contributed by atoms with E-state index in [0.717, 1.165) is 54.3 Å². The fourth-order valence-corrected chi connectivity index (χ4v) is 4.41. The number of imidazole rings is 1. The number of nitrogens with zero attached hydrogens (tertiary/aromatic N) is 5. The van der Waals surface area contributed by atoms with E-state index in [9.17, 15) is 9.18 Å². The molecular weight excluding hydrogens is 417 g/mol. The molecule has 0 atom stereocenters. The van der Waals surface area contributed by atoms with Gasteiger partial charge >= 0.3 is 0 Å². The molecule has 1 amide bonds. The van der Waals surface area contributed by atoms with Gasteiger partial charge in [-0.2, -0.15) is 0 Å². The van der Waals surface area contributed by atoms with Gasteiger partial charge in [-0.25, -0.2) is 14.4 Å². The lowest BCUT2D eigenvalue weighted by Crippen LogP contribution is -2.48. The number of carbonyl (C=O) groups excluding carboxylic acids is 1. The van der Waals surface area contributed by atoms with Gasteiger partial charge in [0.05, 0.1) is 0 Å². The minimum absolute atomic E-state index is 0.0203. The van der Waals surface area contributed by atoms with Gasteiger partial charge in [0, 0.05) is 55.7 Å². The van der Waals surface area contributed by atoms with E-state index in [1.807, 2.05) is 41.3 Å². The molecule has 2 aromatic heterocycles. The van der Waals surface area contributed by atoms with Gasteiger partial charge in [-0.3, -0.25) is 4.79 Å². The molecule has 2 aromatic carbocycles. The molecule has 0 N–H and O–H groups in total. The molecule has 4 aromatic rings. The Kier molecular flexibility index (Phi) is 5.77. The van der Waals surface area contributed by atoms with Gasteiger partial charge < -0.3 is 14.4 Å². The molecule has 7 heteroatoms. The Labute approximate surface area is 192 Å². The topological polar surface area (TPSA) is 54.3 Å². The minimum atomic E-state index is -0.240.